The third-order valence-electron chi connectivity index (χ3n) is 3.03. The first-order valence-corrected chi connectivity index (χ1v) is 5.57. The van der Waals surface area contributed by atoms with E-state index in [9.17, 15) is 4.39 Å². The average molecular weight is 224 g/mol. The fraction of sp³-hybridized carbons (Fsp3) is 0.500. The molecule has 1 aromatic carbocycles. The first kappa shape index (κ1) is 11.4. The van der Waals surface area contributed by atoms with Crippen LogP contribution < -0.4 is 10.2 Å². The maximum atomic E-state index is 13.7. The van der Waals surface area contributed by atoms with Crippen LogP contribution in [0.4, 0.5) is 10.1 Å². The monoisotopic (exact) mass is 224 g/mol. The number of halogens is 1. The number of para-hydroxylation sites is 1. The molecule has 1 saturated heterocycles. The van der Waals surface area contributed by atoms with Gasteiger partial charge < -0.3 is 15.3 Å². The van der Waals surface area contributed by atoms with Gasteiger partial charge in [-0.25, -0.2) is 4.39 Å². The van der Waals surface area contributed by atoms with E-state index >= 15 is 0 Å². The van der Waals surface area contributed by atoms with Crippen LogP contribution in [0.3, 0.4) is 0 Å². The van der Waals surface area contributed by atoms with Crippen LogP contribution in [0.15, 0.2) is 24.3 Å². The molecule has 2 N–H and O–H groups in total. The number of nitrogens with zero attached hydrogens (tertiary/aromatic N) is 1. The molecule has 0 saturated carbocycles. The molecule has 0 amide bonds. The van der Waals surface area contributed by atoms with Crippen molar-refractivity contribution >= 4 is 5.69 Å². The lowest BCUT2D eigenvalue weighted by molar-refractivity contribution is 0.227. The Morgan fingerprint density at radius 3 is 2.94 bits per heavy atom. The largest absolute Gasteiger partial charge is 0.395 e. The molecular formula is C12H17FN2O. The van der Waals surface area contributed by atoms with Crippen LogP contribution in [-0.2, 0) is 0 Å². The molecule has 0 spiro atoms. The number of nitrogens with one attached hydrogen (secondary N) is 1. The van der Waals surface area contributed by atoms with E-state index in [1.165, 1.54) is 6.07 Å². The molecule has 88 valence electrons. The maximum absolute atomic E-state index is 13.7. The van der Waals surface area contributed by atoms with Gasteiger partial charge in [0.05, 0.1) is 12.3 Å². The number of anilines is 1. The number of piperazine rings is 1. The highest BCUT2D eigenvalue weighted by molar-refractivity contribution is 5.49. The van der Waals surface area contributed by atoms with Gasteiger partial charge in [0.15, 0.2) is 0 Å². The standard InChI is InChI=1S/C12H17FN2O/c1-9-6-14-10(8-16)7-15(9)12-5-3-2-4-11(12)13/h2-5,9-10,14,16H,6-8H2,1H3. The highest BCUT2D eigenvalue weighted by Gasteiger charge is 2.25. The summed E-state index contributed by atoms with van der Waals surface area (Å²) in [7, 11) is 0. The Hall–Kier alpha value is -1.13. The molecule has 4 heteroatoms. The molecule has 0 bridgehead atoms. The zero-order valence-corrected chi connectivity index (χ0v) is 9.36. The smallest absolute Gasteiger partial charge is 0.146 e. The van der Waals surface area contributed by atoms with E-state index in [4.69, 9.17) is 5.11 Å². The van der Waals surface area contributed by atoms with Crippen LogP contribution >= 0.6 is 0 Å². The summed E-state index contributed by atoms with van der Waals surface area (Å²) in [5.74, 6) is -0.201. The minimum atomic E-state index is -0.201. The van der Waals surface area contributed by atoms with E-state index in [1.807, 2.05) is 17.9 Å². The third kappa shape index (κ3) is 2.18. The number of hydrogen-bond donors (Lipinski definition) is 2. The molecule has 1 aliphatic heterocycles. The molecule has 1 aromatic rings. The van der Waals surface area contributed by atoms with Gasteiger partial charge in [0.2, 0.25) is 0 Å². The zero-order valence-electron chi connectivity index (χ0n) is 9.36. The molecule has 1 fully saturated rings. The quantitative estimate of drug-likeness (QED) is 0.786. The molecule has 2 unspecified atom stereocenters. The molecule has 2 atom stereocenters. The van der Waals surface area contributed by atoms with Crippen molar-refractivity contribution in [2.24, 2.45) is 0 Å². The van der Waals surface area contributed by atoms with Crippen molar-refractivity contribution in [3.63, 3.8) is 0 Å². The molecular weight excluding hydrogens is 207 g/mol. The summed E-state index contributed by atoms with van der Waals surface area (Å²) in [6.45, 7) is 3.53. The van der Waals surface area contributed by atoms with Gasteiger partial charge in [0.1, 0.15) is 5.82 Å². The number of hydrogen-bond acceptors (Lipinski definition) is 3. The van der Waals surface area contributed by atoms with E-state index < -0.39 is 0 Å². The summed E-state index contributed by atoms with van der Waals surface area (Å²) in [4.78, 5) is 2.01. The predicted molar refractivity (Wildman–Crippen MR) is 62.1 cm³/mol. The Kier molecular flexibility index (Phi) is 3.41. The van der Waals surface area contributed by atoms with Gasteiger partial charge in [-0.2, -0.15) is 0 Å². The first-order chi connectivity index (χ1) is 7.72. The average Bonchev–Trinajstić information content (AvgIpc) is 2.31. The van der Waals surface area contributed by atoms with Crippen molar-refractivity contribution in [3.8, 4) is 0 Å². The Bertz CT molecular complexity index is 359. The fourth-order valence-corrected chi connectivity index (χ4v) is 2.07. The molecule has 0 aromatic heterocycles. The van der Waals surface area contributed by atoms with Gasteiger partial charge in [-0.15, -0.1) is 0 Å². The van der Waals surface area contributed by atoms with Crippen LogP contribution in [0.5, 0.6) is 0 Å². The number of aliphatic hydroxyl groups excluding tert-OH is 1. The fourth-order valence-electron chi connectivity index (χ4n) is 2.07. The summed E-state index contributed by atoms with van der Waals surface area (Å²) < 4.78 is 13.7. The van der Waals surface area contributed by atoms with Crippen LogP contribution in [0.2, 0.25) is 0 Å². The highest BCUT2D eigenvalue weighted by atomic mass is 19.1. The Balaban J connectivity index is 2.21. The summed E-state index contributed by atoms with van der Waals surface area (Å²) in [5.41, 5.74) is 0.620. The Morgan fingerprint density at radius 2 is 2.25 bits per heavy atom. The van der Waals surface area contributed by atoms with Crippen LogP contribution in [0.25, 0.3) is 0 Å². The Labute approximate surface area is 94.9 Å². The van der Waals surface area contributed by atoms with Crippen LogP contribution in [0, 0.1) is 5.82 Å². The lowest BCUT2D eigenvalue weighted by Gasteiger charge is -2.39. The number of aliphatic hydroxyl groups is 1. The predicted octanol–water partition coefficient (Wildman–Crippen LogP) is 0.985. The van der Waals surface area contributed by atoms with Crippen molar-refractivity contribution < 1.29 is 9.50 Å². The molecule has 2 rings (SSSR count). The lowest BCUT2D eigenvalue weighted by Crippen LogP contribution is -2.57. The third-order valence-corrected chi connectivity index (χ3v) is 3.03. The van der Waals surface area contributed by atoms with Gasteiger partial charge >= 0.3 is 0 Å². The van der Waals surface area contributed by atoms with Gasteiger partial charge in [0.25, 0.3) is 0 Å². The summed E-state index contributed by atoms with van der Waals surface area (Å²) in [6, 6.07) is 7.04. The minimum Gasteiger partial charge on any atom is -0.395 e. The van der Waals surface area contributed by atoms with Gasteiger partial charge in [-0.3, -0.25) is 0 Å². The highest BCUT2D eigenvalue weighted by Crippen LogP contribution is 2.22. The second kappa shape index (κ2) is 4.80. The molecule has 0 aliphatic carbocycles. The van der Waals surface area contributed by atoms with Crippen LogP contribution in [0.1, 0.15) is 6.92 Å². The van der Waals surface area contributed by atoms with Crippen molar-refractivity contribution in [2.45, 2.75) is 19.0 Å². The molecule has 1 aliphatic rings. The van der Waals surface area contributed by atoms with Gasteiger partial charge in [-0.05, 0) is 19.1 Å². The molecule has 1 heterocycles. The normalized spacial score (nSPS) is 25.8. The molecule has 16 heavy (non-hydrogen) atoms. The van der Waals surface area contributed by atoms with Crippen molar-refractivity contribution in [3.05, 3.63) is 30.1 Å². The van der Waals surface area contributed by atoms with Crippen molar-refractivity contribution in [2.75, 3.05) is 24.6 Å². The van der Waals surface area contributed by atoms with Crippen molar-refractivity contribution in [1.82, 2.24) is 5.32 Å². The number of rotatable bonds is 2. The zero-order chi connectivity index (χ0) is 11.5. The Morgan fingerprint density at radius 1 is 1.50 bits per heavy atom. The van der Waals surface area contributed by atoms with E-state index in [0.717, 1.165) is 6.54 Å². The SMILES string of the molecule is CC1CNC(CO)CN1c1ccccc1F. The van der Waals surface area contributed by atoms with E-state index in [-0.39, 0.29) is 24.5 Å². The second-order valence-electron chi connectivity index (χ2n) is 4.24. The van der Waals surface area contributed by atoms with E-state index in [0.29, 0.717) is 12.2 Å². The topological polar surface area (TPSA) is 35.5 Å². The molecule has 0 radical (unpaired) electrons. The summed E-state index contributed by atoms with van der Waals surface area (Å²) >= 11 is 0. The minimum absolute atomic E-state index is 0.0239. The summed E-state index contributed by atoms with van der Waals surface area (Å²) in [5, 5.41) is 12.4. The lowest BCUT2D eigenvalue weighted by atomic mass is 10.1. The molecule has 3 nitrogen and oxygen atoms in total. The van der Waals surface area contributed by atoms with Crippen molar-refractivity contribution in [1.29, 1.82) is 0 Å². The second-order valence-corrected chi connectivity index (χ2v) is 4.24. The van der Waals surface area contributed by atoms with E-state index in [2.05, 4.69) is 5.32 Å². The van der Waals surface area contributed by atoms with Gasteiger partial charge in [0, 0.05) is 25.2 Å². The first-order valence-electron chi connectivity index (χ1n) is 5.57. The number of benzene rings is 1. The maximum Gasteiger partial charge on any atom is 0.146 e. The van der Waals surface area contributed by atoms with Crippen LogP contribution in [-0.4, -0.2) is 36.9 Å². The van der Waals surface area contributed by atoms with E-state index in [1.54, 1.807) is 12.1 Å². The van der Waals surface area contributed by atoms with Gasteiger partial charge in [-0.1, -0.05) is 12.1 Å². The summed E-state index contributed by atoms with van der Waals surface area (Å²) in [6.07, 6.45) is 0.